The normalized spacial score (nSPS) is 18.1. The van der Waals surface area contributed by atoms with E-state index in [9.17, 15) is 4.79 Å². The molecule has 0 aliphatic carbocycles. The van der Waals surface area contributed by atoms with Gasteiger partial charge in [0, 0.05) is 31.1 Å². The Hall–Kier alpha value is -0.870. The van der Waals surface area contributed by atoms with Crippen molar-refractivity contribution in [2.45, 2.75) is 26.2 Å². The van der Waals surface area contributed by atoms with Gasteiger partial charge >= 0.3 is 0 Å². The summed E-state index contributed by atoms with van der Waals surface area (Å²) < 4.78 is 0. The van der Waals surface area contributed by atoms with Crippen molar-refractivity contribution < 1.29 is 4.79 Å². The summed E-state index contributed by atoms with van der Waals surface area (Å²) in [7, 11) is 0. The first-order valence-electron chi connectivity index (χ1n) is 6.61. The van der Waals surface area contributed by atoms with E-state index in [2.05, 4.69) is 17.9 Å². The molecule has 3 nitrogen and oxygen atoms in total. The van der Waals surface area contributed by atoms with Gasteiger partial charge in [0.05, 0.1) is 5.41 Å². The Morgan fingerprint density at radius 3 is 2.50 bits per heavy atom. The van der Waals surface area contributed by atoms with Crippen molar-refractivity contribution in [2.24, 2.45) is 0 Å². The van der Waals surface area contributed by atoms with Gasteiger partial charge in [-0.2, -0.15) is 0 Å². The molecule has 0 bridgehead atoms. The van der Waals surface area contributed by atoms with E-state index in [0.717, 1.165) is 37.6 Å². The highest BCUT2D eigenvalue weighted by atomic mass is 32.1. The molecule has 18 heavy (non-hydrogen) atoms. The summed E-state index contributed by atoms with van der Waals surface area (Å²) in [5, 5.41) is 2.04. The van der Waals surface area contributed by atoms with Crippen LogP contribution in [0.5, 0.6) is 0 Å². The molecule has 0 saturated carbocycles. The third kappa shape index (κ3) is 2.59. The lowest BCUT2D eigenvalue weighted by atomic mass is 9.89. The van der Waals surface area contributed by atoms with Gasteiger partial charge in [0.25, 0.3) is 0 Å². The number of thiophene rings is 1. The van der Waals surface area contributed by atoms with E-state index in [-0.39, 0.29) is 11.3 Å². The first-order valence-corrected chi connectivity index (χ1v) is 7.49. The third-order valence-electron chi connectivity index (χ3n) is 3.78. The molecule has 1 saturated heterocycles. The minimum Gasteiger partial charge on any atom is -0.339 e. The van der Waals surface area contributed by atoms with E-state index in [4.69, 9.17) is 0 Å². The summed E-state index contributed by atoms with van der Waals surface area (Å²) in [6.07, 6.45) is 0. The Labute approximate surface area is 113 Å². The SMILES string of the molecule is CCN1CCN(C(=O)C(C)(C)c2cccs2)CC1. The largest absolute Gasteiger partial charge is 0.339 e. The number of piperazine rings is 1. The molecule has 2 heterocycles. The van der Waals surface area contributed by atoms with Crippen LogP contribution in [0.3, 0.4) is 0 Å². The van der Waals surface area contributed by atoms with Gasteiger partial charge in [0.2, 0.25) is 5.91 Å². The van der Waals surface area contributed by atoms with Crippen LogP contribution in [0, 0.1) is 0 Å². The third-order valence-corrected chi connectivity index (χ3v) is 4.97. The molecule has 0 unspecified atom stereocenters. The van der Waals surface area contributed by atoms with Gasteiger partial charge in [-0.25, -0.2) is 0 Å². The van der Waals surface area contributed by atoms with E-state index in [1.54, 1.807) is 11.3 Å². The summed E-state index contributed by atoms with van der Waals surface area (Å²) in [5.74, 6) is 0.265. The van der Waals surface area contributed by atoms with Crippen LogP contribution in [0.15, 0.2) is 17.5 Å². The van der Waals surface area contributed by atoms with Crippen LogP contribution >= 0.6 is 11.3 Å². The monoisotopic (exact) mass is 266 g/mol. The molecule has 1 aliphatic rings. The van der Waals surface area contributed by atoms with Crippen molar-refractivity contribution >= 4 is 17.2 Å². The minimum absolute atomic E-state index is 0.265. The van der Waals surface area contributed by atoms with E-state index in [1.807, 2.05) is 30.2 Å². The second-order valence-electron chi connectivity index (χ2n) is 5.33. The van der Waals surface area contributed by atoms with Crippen molar-refractivity contribution in [3.63, 3.8) is 0 Å². The highest BCUT2D eigenvalue weighted by molar-refractivity contribution is 7.10. The minimum atomic E-state index is -0.386. The van der Waals surface area contributed by atoms with Crippen LogP contribution in [0.1, 0.15) is 25.6 Å². The zero-order valence-electron chi connectivity index (χ0n) is 11.5. The van der Waals surface area contributed by atoms with Crippen LogP contribution in [-0.4, -0.2) is 48.4 Å². The van der Waals surface area contributed by atoms with Crippen LogP contribution in [0.4, 0.5) is 0 Å². The van der Waals surface area contributed by atoms with Gasteiger partial charge < -0.3 is 9.80 Å². The Morgan fingerprint density at radius 2 is 2.00 bits per heavy atom. The second kappa shape index (κ2) is 5.41. The first-order chi connectivity index (χ1) is 8.55. The quantitative estimate of drug-likeness (QED) is 0.837. The van der Waals surface area contributed by atoms with E-state index in [0.29, 0.717) is 0 Å². The van der Waals surface area contributed by atoms with Crippen molar-refractivity contribution in [1.82, 2.24) is 9.80 Å². The Bertz CT molecular complexity index is 392. The van der Waals surface area contributed by atoms with E-state index >= 15 is 0 Å². The first kappa shape index (κ1) is 13.6. The molecular weight excluding hydrogens is 244 g/mol. The Kier molecular flexibility index (Phi) is 4.07. The van der Waals surface area contributed by atoms with Gasteiger partial charge in [0.15, 0.2) is 0 Å². The lowest BCUT2D eigenvalue weighted by molar-refractivity contribution is -0.137. The average Bonchev–Trinajstić information content (AvgIpc) is 2.92. The fourth-order valence-electron chi connectivity index (χ4n) is 2.40. The fraction of sp³-hybridized carbons (Fsp3) is 0.643. The number of hydrogen-bond acceptors (Lipinski definition) is 3. The topological polar surface area (TPSA) is 23.6 Å². The second-order valence-corrected chi connectivity index (χ2v) is 6.28. The van der Waals surface area contributed by atoms with E-state index in [1.165, 1.54) is 0 Å². The summed E-state index contributed by atoms with van der Waals surface area (Å²) in [4.78, 5) is 18.2. The van der Waals surface area contributed by atoms with Crippen molar-refractivity contribution in [2.75, 3.05) is 32.7 Å². The smallest absolute Gasteiger partial charge is 0.233 e. The molecule has 2 rings (SSSR count). The van der Waals surface area contributed by atoms with Gasteiger partial charge in [-0.3, -0.25) is 4.79 Å². The highest BCUT2D eigenvalue weighted by Crippen LogP contribution is 2.29. The predicted octanol–water partition coefficient (Wildman–Crippen LogP) is 2.19. The number of carbonyl (C=O) groups excluding carboxylic acids is 1. The number of amides is 1. The van der Waals surface area contributed by atoms with Gasteiger partial charge in [0.1, 0.15) is 0 Å². The highest BCUT2D eigenvalue weighted by Gasteiger charge is 2.35. The molecule has 1 aromatic rings. The Morgan fingerprint density at radius 1 is 1.33 bits per heavy atom. The number of likely N-dealkylation sites (N-methyl/N-ethyl adjacent to an activating group) is 1. The van der Waals surface area contributed by atoms with Crippen LogP contribution < -0.4 is 0 Å². The zero-order chi connectivity index (χ0) is 13.2. The molecule has 0 radical (unpaired) electrons. The predicted molar refractivity (Wildman–Crippen MR) is 76.0 cm³/mol. The molecule has 0 spiro atoms. The standard InChI is InChI=1S/C14H22N2OS/c1-4-15-7-9-16(10-8-15)13(17)14(2,3)12-6-5-11-18-12/h5-6,11H,4,7-10H2,1-3H3. The average molecular weight is 266 g/mol. The van der Waals surface area contributed by atoms with E-state index < -0.39 is 0 Å². The molecule has 1 amide bonds. The zero-order valence-corrected chi connectivity index (χ0v) is 12.3. The summed E-state index contributed by atoms with van der Waals surface area (Å²) >= 11 is 1.67. The van der Waals surface area contributed by atoms with Crippen molar-refractivity contribution in [3.05, 3.63) is 22.4 Å². The van der Waals surface area contributed by atoms with Crippen LogP contribution in [-0.2, 0) is 10.2 Å². The molecule has 0 atom stereocenters. The summed E-state index contributed by atoms with van der Waals surface area (Å²) in [6.45, 7) is 11.1. The molecule has 0 aromatic carbocycles. The Balaban J connectivity index is 2.04. The maximum absolute atomic E-state index is 12.6. The number of rotatable bonds is 3. The van der Waals surface area contributed by atoms with Gasteiger partial charge in [-0.1, -0.05) is 13.0 Å². The number of nitrogens with zero attached hydrogens (tertiary/aromatic N) is 2. The fourth-order valence-corrected chi connectivity index (χ4v) is 3.24. The molecule has 0 N–H and O–H groups in total. The van der Waals surface area contributed by atoms with Crippen molar-refractivity contribution in [1.29, 1.82) is 0 Å². The molecule has 1 aliphatic heterocycles. The molecule has 100 valence electrons. The van der Waals surface area contributed by atoms with Gasteiger partial charge in [-0.15, -0.1) is 11.3 Å². The van der Waals surface area contributed by atoms with Crippen LogP contribution in [0.25, 0.3) is 0 Å². The summed E-state index contributed by atoms with van der Waals surface area (Å²) in [6, 6.07) is 4.08. The molecular formula is C14H22N2OS. The molecule has 1 aromatic heterocycles. The maximum atomic E-state index is 12.6. The number of hydrogen-bond donors (Lipinski definition) is 0. The van der Waals surface area contributed by atoms with Crippen molar-refractivity contribution in [3.8, 4) is 0 Å². The lowest BCUT2D eigenvalue weighted by Gasteiger charge is -2.38. The lowest BCUT2D eigenvalue weighted by Crippen LogP contribution is -2.52. The number of carbonyl (C=O) groups is 1. The van der Waals surface area contributed by atoms with Crippen LogP contribution in [0.2, 0.25) is 0 Å². The molecule has 4 heteroatoms. The molecule has 1 fully saturated rings. The van der Waals surface area contributed by atoms with Gasteiger partial charge in [-0.05, 0) is 31.8 Å². The summed E-state index contributed by atoms with van der Waals surface area (Å²) in [5.41, 5.74) is -0.386. The maximum Gasteiger partial charge on any atom is 0.233 e.